The van der Waals surface area contributed by atoms with Crippen molar-refractivity contribution >= 4 is 28.7 Å². The minimum absolute atomic E-state index is 0.0160. The van der Waals surface area contributed by atoms with Gasteiger partial charge in [0.15, 0.2) is 5.65 Å². The van der Waals surface area contributed by atoms with Gasteiger partial charge in [-0.3, -0.25) is 4.79 Å². The number of hydrogen-bond donors (Lipinski definition) is 3. The molecule has 0 radical (unpaired) electrons. The van der Waals surface area contributed by atoms with Crippen LogP contribution in [0.2, 0.25) is 5.02 Å². The summed E-state index contributed by atoms with van der Waals surface area (Å²) in [6, 6.07) is 18.4. The van der Waals surface area contributed by atoms with Crippen LogP contribution in [0.1, 0.15) is 31.2 Å². The first-order valence-corrected chi connectivity index (χ1v) is 13.8. The van der Waals surface area contributed by atoms with Crippen LogP contribution >= 0.6 is 11.6 Å². The molecule has 2 aromatic heterocycles. The molecular formula is C30H32ClN3O6. The maximum atomic E-state index is 11.2. The molecule has 0 aliphatic heterocycles. The highest BCUT2D eigenvalue weighted by molar-refractivity contribution is 6.33. The first-order chi connectivity index (χ1) is 19.5. The number of rotatable bonds is 12. The van der Waals surface area contributed by atoms with E-state index in [9.17, 15) is 9.90 Å². The summed E-state index contributed by atoms with van der Waals surface area (Å²) >= 11 is 6.60. The van der Waals surface area contributed by atoms with Crippen molar-refractivity contribution in [1.82, 2.24) is 15.0 Å². The fraction of sp³-hybridized carbons (Fsp3) is 0.367. The lowest BCUT2D eigenvalue weighted by atomic mass is 9.87. The number of H-pyrrole nitrogens is 1. The Kier molecular flexibility index (Phi) is 9.28. The molecule has 9 nitrogen and oxygen atoms in total. The number of fused-ring (bicyclic) bond motifs is 1. The van der Waals surface area contributed by atoms with E-state index in [2.05, 4.69) is 22.1 Å². The van der Waals surface area contributed by atoms with Crippen LogP contribution < -0.4 is 4.74 Å². The van der Waals surface area contributed by atoms with Gasteiger partial charge in [-0.15, -0.1) is 0 Å². The number of aliphatic hydroxyl groups is 1. The smallest absolute Gasteiger partial charge is 0.306 e. The molecule has 1 aliphatic rings. The molecular weight excluding hydrogens is 534 g/mol. The number of carbonyl (C=O) groups is 1. The van der Waals surface area contributed by atoms with Crippen molar-refractivity contribution in [3.05, 3.63) is 65.2 Å². The quantitative estimate of drug-likeness (QED) is 0.192. The van der Waals surface area contributed by atoms with Crippen LogP contribution in [-0.4, -0.2) is 63.7 Å². The summed E-state index contributed by atoms with van der Waals surface area (Å²) in [4.78, 5) is 23.5. The van der Waals surface area contributed by atoms with Gasteiger partial charge in [-0.25, -0.2) is 4.98 Å². The van der Waals surface area contributed by atoms with Gasteiger partial charge in [0.05, 0.1) is 55.2 Å². The Balaban J connectivity index is 1.21. The Morgan fingerprint density at radius 2 is 1.55 bits per heavy atom. The molecule has 10 heteroatoms. The first-order valence-electron chi connectivity index (χ1n) is 13.4. The van der Waals surface area contributed by atoms with Crippen LogP contribution in [0.15, 0.2) is 54.6 Å². The maximum Gasteiger partial charge on any atom is 0.306 e. The Hall–Kier alpha value is -3.50. The number of carboxylic acids is 1. The van der Waals surface area contributed by atoms with E-state index < -0.39 is 5.97 Å². The monoisotopic (exact) mass is 565 g/mol. The number of imidazole rings is 1. The van der Waals surface area contributed by atoms with E-state index in [1.807, 2.05) is 36.4 Å². The summed E-state index contributed by atoms with van der Waals surface area (Å²) < 4.78 is 16.8. The van der Waals surface area contributed by atoms with Crippen molar-refractivity contribution in [3.63, 3.8) is 0 Å². The molecule has 4 aromatic rings. The van der Waals surface area contributed by atoms with Crippen LogP contribution in [0, 0.1) is 5.92 Å². The van der Waals surface area contributed by atoms with Gasteiger partial charge in [-0.2, -0.15) is 4.98 Å². The Morgan fingerprint density at radius 1 is 0.900 bits per heavy atom. The van der Waals surface area contributed by atoms with Crippen molar-refractivity contribution in [3.8, 4) is 28.4 Å². The average molecular weight is 566 g/mol. The number of hydrogen-bond acceptors (Lipinski definition) is 7. The van der Waals surface area contributed by atoms with E-state index >= 15 is 0 Å². The Bertz CT molecular complexity index is 1420. The predicted molar refractivity (Wildman–Crippen MR) is 151 cm³/mol. The van der Waals surface area contributed by atoms with Crippen molar-refractivity contribution in [2.75, 3.05) is 26.4 Å². The maximum absolute atomic E-state index is 11.2. The number of benzene rings is 2. The molecule has 0 atom stereocenters. The lowest BCUT2D eigenvalue weighted by Gasteiger charge is -2.25. The number of carboxylic acid groups (broad SMARTS) is 1. The van der Waals surface area contributed by atoms with Crippen molar-refractivity contribution in [1.29, 1.82) is 0 Å². The number of aliphatic carboxylic acids is 1. The second kappa shape index (κ2) is 13.2. The van der Waals surface area contributed by atoms with E-state index in [4.69, 9.17) is 35.9 Å². The fourth-order valence-electron chi connectivity index (χ4n) is 4.83. The number of pyridine rings is 1. The highest BCUT2D eigenvalue weighted by Crippen LogP contribution is 2.32. The summed E-state index contributed by atoms with van der Waals surface area (Å²) in [7, 11) is 0. The molecule has 5 rings (SSSR count). The predicted octanol–water partition coefficient (Wildman–Crippen LogP) is 5.49. The molecule has 2 heterocycles. The minimum Gasteiger partial charge on any atom is -0.481 e. The van der Waals surface area contributed by atoms with Crippen molar-refractivity contribution < 1.29 is 29.2 Å². The molecule has 1 saturated carbocycles. The molecule has 210 valence electrons. The molecule has 0 amide bonds. The topological polar surface area (TPSA) is 127 Å². The third-order valence-electron chi connectivity index (χ3n) is 7.03. The third-order valence-corrected chi connectivity index (χ3v) is 7.32. The zero-order valence-electron chi connectivity index (χ0n) is 22.0. The SMILES string of the molecule is O=C(O)C1CCC(Oc2nc3nc(-c4ccc(-c5ccc(COCCOCCO)cc5)cc4)c(Cl)cc3[nH]2)CC1. The lowest BCUT2D eigenvalue weighted by Crippen LogP contribution is -2.28. The van der Waals surface area contributed by atoms with Gasteiger partial charge < -0.3 is 29.4 Å². The van der Waals surface area contributed by atoms with E-state index in [1.165, 1.54) is 0 Å². The van der Waals surface area contributed by atoms with Gasteiger partial charge in [-0.1, -0.05) is 60.1 Å². The number of aromatic nitrogens is 3. The first kappa shape index (κ1) is 28.0. The van der Waals surface area contributed by atoms with E-state index in [1.54, 1.807) is 6.07 Å². The van der Waals surface area contributed by atoms with Crippen LogP contribution in [-0.2, 0) is 20.9 Å². The molecule has 3 N–H and O–H groups in total. The van der Waals surface area contributed by atoms with E-state index in [-0.39, 0.29) is 18.6 Å². The standard InChI is InChI=1S/C30H32ClN3O6/c31-25-17-26-28(34-30(32-26)40-24-11-9-23(10-12-24)29(36)37)33-27(25)22-7-5-21(6-8-22)20-3-1-19(2-4-20)18-39-16-15-38-14-13-35/h1-8,17,23-24,35H,9-16,18H2,(H,36,37)(H,32,33,34). The number of nitrogens with one attached hydrogen (secondary N) is 1. The largest absolute Gasteiger partial charge is 0.481 e. The van der Waals surface area contributed by atoms with Gasteiger partial charge in [0.1, 0.15) is 6.10 Å². The number of aliphatic hydroxyl groups excluding tert-OH is 1. The lowest BCUT2D eigenvalue weighted by molar-refractivity contribution is -0.143. The third kappa shape index (κ3) is 6.98. The number of halogens is 1. The molecule has 0 unspecified atom stereocenters. The molecule has 0 saturated heterocycles. The Morgan fingerprint density at radius 3 is 2.23 bits per heavy atom. The summed E-state index contributed by atoms with van der Waals surface area (Å²) in [5, 5.41) is 18.4. The minimum atomic E-state index is -0.737. The Labute approximate surface area is 237 Å². The second-order valence-corrected chi connectivity index (χ2v) is 10.2. The number of aromatic amines is 1. The van der Waals surface area contributed by atoms with Crippen molar-refractivity contribution in [2.24, 2.45) is 5.92 Å². The van der Waals surface area contributed by atoms with Crippen LogP contribution in [0.5, 0.6) is 6.01 Å². The fourth-order valence-corrected chi connectivity index (χ4v) is 5.09. The molecule has 0 spiro atoms. The van der Waals surface area contributed by atoms with Gasteiger partial charge in [0.2, 0.25) is 0 Å². The summed E-state index contributed by atoms with van der Waals surface area (Å²) in [5.41, 5.74) is 5.93. The van der Waals surface area contributed by atoms with Gasteiger partial charge >= 0.3 is 5.97 Å². The summed E-state index contributed by atoms with van der Waals surface area (Å²) in [5.74, 6) is -1.03. The molecule has 1 fully saturated rings. The molecule has 40 heavy (non-hydrogen) atoms. The normalized spacial score (nSPS) is 17.2. The molecule has 2 aromatic carbocycles. The second-order valence-electron chi connectivity index (χ2n) is 9.82. The summed E-state index contributed by atoms with van der Waals surface area (Å²) in [6.07, 6.45) is 2.49. The van der Waals surface area contributed by atoms with E-state index in [0.29, 0.717) is 80.0 Å². The van der Waals surface area contributed by atoms with Crippen LogP contribution in [0.3, 0.4) is 0 Å². The highest BCUT2D eigenvalue weighted by Gasteiger charge is 2.27. The summed E-state index contributed by atoms with van der Waals surface area (Å²) in [6.45, 7) is 1.78. The van der Waals surface area contributed by atoms with E-state index in [0.717, 1.165) is 22.3 Å². The molecule has 1 aliphatic carbocycles. The molecule has 0 bridgehead atoms. The van der Waals surface area contributed by atoms with Gasteiger partial charge in [0.25, 0.3) is 6.01 Å². The van der Waals surface area contributed by atoms with Crippen LogP contribution in [0.4, 0.5) is 0 Å². The highest BCUT2D eigenvalue weighted by atomic mass is 35.5. The van der Waals surface area contributed by atoms with Gasteiger partial charge in [0, 0.05) is 5.56 Å². The zero-order valence-corrected chi connectivity index (χ0v) is 22.8. The number of nitrogens with zero attached hydrogens (tertiary/aromatic N) is 2. The number of ether oxygens (including phenoxy) is 3. The van der Waals surface area contributed by atoms with Gasteiger partial charge in [-0.05, 0) is 48.4 Å². The zero-order chi connectivity index (χ0) is 27.9. The van der Waals surface area contributed by atoms with Crippen LogP contribution in [0.25, 0.3) is 33.5 Å². The average Bonchev–Trinajstić information content (AvgIpc) is 3.36. The van der Waals surface area contributed by atoms with Crippen molar-refractivity contribution in [2.45, 2.75) is 38.4 Å².